The van der Waals surface area contributed by atoms with Crippen LogP contribution >= 0.6 is 11.6 Å². The van der Waals surface area contributed by atoms with E-state index in [0.29, 0.717) is 0 Å². The van der Waals surface area contributed by atoms with Gasteiger partial charge in [0, 0.05) is 54.2 Å². The highest BCUT2D eigenvalue weighted by Gasteiger charge is 2.19. The van der Waals surface area contributed by atoms with Gasteiger partial charge in [0.15, 0.2) is 5.82 Å². The second-order valence-corrected chi connectivity index (χ2v) is 7.58. The quantitative estimate of drug-likeness (QED) is 0.502. The predicted octanol–water partition coefficient (Wildman–Crippen LogP) is 4.90. The fourth-order valence-corrected chi connectivity index (χ4v) is 3.92. The van der Waals surface area contributed by atoms with Crippen molar-refractivity contribution in [2.24, 2.45) is 0 Å². The summed E-state index contributed by atoms with van der Waals surface area (Å²) < 4.78 is 0. The van der Waals surface area contributed by atoms with Gasteiger partial charge in [0.2, 0.25) is 0 Å². The molecule has 2 aromatic heterocycles. The van der Waals surface area contributed by atoms with Crippen molar-refractivity contribution in [1.29, 1.82) is 0 Å². The summed E-state index contributed by atoms with van der Waals surface area (Å²) in [5.41, 5.74) is 4.69. The molecule has 3 heterocycles. The number of benzene rings is 2. The highest BCUT2D eigenvalue weighted by Crippen LogP contribution is 2.25. The molecule has 1 aliphatic rings. The van der Waals surface area contributed by atoms with Gasteiger partial charge in [0.1, 0.15) is 0 Å². The van der Waals surface area contributed by atoms with Crippen LogP contribution in [-0.4, -0.2) is 26.4 Å². The number of halogens is 1. The SMILES string of the molecule is Clc1ccc(-c2ncc3c(n2)CN(Cc2cccc4cnccc24)CC3)cc1. The smallest absolute Gasteiger partial charge is 0.159 e. The van der Waals surface area contributed by atoms with E-state index in [1.807, 2.05) is 42.9 Å². The lowest BCUT2D eigenvalue weighted by atomic mass is 10.0. The third-order valence-corrected chi connectivity index (χ3v) is 5.54. The summed E-state index contributed by atoms with van der Waals surface area (Å²) >= 11 is 6.00. The normalized spacial score (nSPS) is 14.2. The van der Waals surface area contributed by atoms with Crippen molar-refractivity contribution in [3.05, 3.63) is 89.0 Å². The van der Waals surface area contributed by atoms with Crippen LogP contribution in [0.4, 0.5) is 0 Å². The average Bonchev–Trinajstić information content (AvgIpc) is 2.74. The Bertz CT molecular complexity index is 1140. The number of hydrogen-bond acceptors (Lipinski definition) is 4. The van der Waals surface area contributed by atoms with E-state index in [1.165, 1.54) is 21.9 Å². The minimum atomic E-state index is 0.721. The van der Waals surface area contributed by atoms with E-state index in [2.05, 4.69) is 39.1 Å². The number of nitrogens with zero attached hydrogens (tertiary/aromatic N) is 4. The lowest BCUT2D eigenvalue weighted by Gasteiger charge is -2.28. The molecular weight excluding hydrogens is 368 g/mol. The number of hydrogen-bond donors (Lipinski definition) is 0. The van der Waals surface area contributed by atoms with E-state index < -0.39 is 0 Å². The second-order valence-electron chi connectivity index (χ2n) is 7.15. The monoisotopic (exact) mass is 386 g/mol. The van der Waals surface area contributed by atoms with Crippen molar-refractivity contribution >= 4 is 22.4 Å². The molecule has 28 heavy (non-hydrogen) atoms. The molecule has 0 aliphatic carbocycles. The topological polar surface area (TPSA) is 41.9 Å². The van der Waals surface area contributed by atoms with E-state index in [-0.39, 0.29) is 0 Å². The lowest BCUT2D eigenvalue weighted by Crippen LogP contribution is -2.31. The Hall–Kier alpha value is -2.82. The first-order chi connectivity index (χ1) is 13.8. The molecular formula is C23H19ClN4. The highest BCUT2D eigenvalue weighted by atomic mass is 35.5. The highest BCUT2D eigenvalue weighted by molar-refractivity contribution is 6.30. The van der Waals surface area contributed by atoms with Gasteiger partial charge in [0.25, 0.3) is 0 Å². The first kappa shape index (κ1) is 17.3. The number of pyridine rings is 1. The van der Waals surface area contributed by atoms with Gasteiger partial charge in [-0.1, -0.05) is 29.8 Å². The molecule has 0 saturated carbocycles. The molecule has 1 aliphatic heterocycles. The second kappa shape index (κ2) is 7.30. The minimum absolute atomic E-state index is 0.721. The predicted molar refractivity (Wildman–Crippen MR) is 112 cm³/mol. The summed E-state index contributed by atoms with van der Waals surface area (Å²) in [6, 6.07) is 16.2. The van der Waals surface area contributed by atoms with Gasteiger partial charge in [-0.15, -0.1) is 0 Å². The maximum absolute atomic E-state index is 6.00. The lowest BCUT2D eigenvalue weighted by molar-refractivity contribution is 0.242. The number of rotatable bonds is 3. The van der Waals surface area contributed by atoms with E-state index in [1.54, 1.807) is 0 Å². The van der Waals surface area contributed by atoms with Gasteiger partial charge < -0.3 is 0 Å². The van der Waals surface area contributed by atoms with E-state index in [4.69, 9.17) is 16.6 Å². The molecule has 0 bridgehead atoms. The Morgan fingerprint density at radius 1 is 1.00 bits per heavy atom. The Kier molecular flexibility index (Phi) is 4.51. The van der Waals surface area contributed by atoms with Crippen LogP contribution in [0.15, 0.2) is 67.1 Å². The molecule has 0 fully saturated rings. The summed E-state index contributed by atoms with van der Waals surface area (Å²) in [4.78, 5) is 16.1. The van der Waals surface area contributed by atoms with Crippen molar-refractivity contribution in [2.75, 3.05) is 6.54 Å². The van der Waals surface area contributed by atoms with Gasteiger partial charge >= 0.3 is 0 Å². The Morgan fingerprint density at radius 3 is 2.79 bits per heavy atom. The summed E-state index contributed by atoms with van der Waals surface area (Å²) in [7, 11) is 0. The third-order valence-electron chi connectivity index (χ3n) is 5.29. The zero-order chi connectivity index (χ0) is 18.9. The van der Waals surface area contributed by atoms with Crippen molar-refractivity contribution in [2.45, 2.75) is 19.5 Å². The maximum Gasteiger partial charge on any atom is 0.159 e. The van der Waals surface area contributed by atoms with Crippen molar-refractivity contribution in [1.82, 2.24) is 19.9 Å². The van der Waals surface area contributed by atoms with Gasteiger partial charge in [0.05, 0.1) is 5.69 Å². The molecule has 0 unspecified atom stereocenters. The molecule has 0 spiro atoms. The Morgan fingerprint density at radius 2 is 1.89 bits per heavy atom. The van der Waals surface area contributed by atoms with Gasteiger partial charge in [-0.05, 0) is 53.3 Å². The summed E-state index contributed by atoms with van der Waals surface area (Å²) in [6.07, 6.45) is 6.74. The van der Waals surface area contributed by atoms with E-state index in [9.17, 15) is 0 Å². The van der Waals surface area contributed by atoms with Crippen LogP contribution in [0.3, 0.4) is 0 Å². The molecule has 4 aromatic rings. The fourth-order valence-electron chi connectivity index (χ4n) is 3.80. The fraction of sp³-hybridized carbons (Fsp3) is 0.174. The van der Waals surface area contributed by atoms with Crippen molar-refractivity contribution in [3.8, 4) is 11.4 Å². The molecule has 0 saturated heterocycles. The first-order valence-electron chi connectivity index (χ1n) is 9.41. The van der Waals surface area contributed by atoms with E-state index >= 15 is 0 Å². The molecule has 0 atom stereocenters. The zero-order valence-corrected chi connectivity index (χ0v) is 16.1. The van der Waals surface area contributed by atoms with Crippen molar-refractivity contribution < 1.29 is 0 Å². The van der Waals surface area contributed by atoms with Gasteiger partial charge in [-0.2, -0.15) is 0 Å². The minimum Gasteiger partial charge on any atom is -0.293 e. The zero-order valence-electron chi connectivity index (χ0n) is 15.3. The van der Waals surface area contributed by atoms with E-state index in [0.717, 1.165) is 48.2 Å². The summed E-state index contributed by atoms with van der Waals surface area (Å²) in [6.45, 7) is 2.75. The molecule has 138 valence electrons. The maximum atomic E-state index is 6.00. The molecule has 0 radical (unpaired) electrons. The van der Waals surface area contributed by atoms with Gasteiger partial charge in [-0.25, -0.2) is 9.97 Å². The van der Waals surface area contributed by atoms with Gasteiger partial charge in [-0.3, -0.25) is 9.88 Å². The average molecular weight is 387 g/mol. The summed E-state index contributed by atoms with van der Waals surface area (Å²) in [5, 5.41) is 3.18. The Labute approximate surface area is 168 Å². The molecule has 0 N–H and O–H groups in total. The van der Waals surface area contributed by atoms with Crippen LogP contribution in [0, 0.1) is 0 Å². The standard InChI is InChI=1S/C23H19ClN4/c24-20-6-4-16(5-7-20)23-26-13-18-9-11-28(15-22(18)27-23)14-19-3-1-2-17-12-25-10-8-21(17)19/h1-8,10,12-13H,9,11,14-15H2. The van der Waals surface area contributed by atoms with Crippen LogP contribution in [0.25, 0.3) is 22.2 Å². The summed E-state index contributed by atoms with van der Waals surface area (Å²) in [5.74, 6) is 0.758. The molecule has 0 amide bonds. The molecule has 4 nitrogen and oxygen atoms in total. The number of fused-ring (bicyclic) bond motifs is 2. The van der Waals surface area contributed by atoms with Crippen LogP contribution in [0.2, 0.25) is 5.02 Å². The molecule has 2 aromatic carbocycles. The van der Waals surface area contributed by atoms with Crippen molar-refractivity contribution in [3.63, 3.8) is 0 Å². The van der Waals surface area contributed by atoms with Crippen LogP contribution < -0.4 is 0 Å². The number of aromatic nitrogens is 3. The largest absolute Gasteiger partial charge is 0.293 e. The van der Waals surface area contributed by atoms with Crippen LogP contribution in [0.5, 0.6) is 0 Å². The third kappa shape index (κ3) is 3.37. The first-order valence-corrected chi connectivity index (χ1v) is 9.79. The van der Waals surface area contributed by atoms with Crippen LogP contribution in [-0.2, 0) is 19.5 Å². The molecule has 5 heteroatoms. The van der Waals surface area contributed by atoms with Crippen LogP contribution in [0.1, 0.15) is 16.8 Å². The Balaban J connectivity index is 1.41. The molecule has 5 rings (SSSR count).